The molecule has 19 heavy (non-hydrogen) atoms. The third-order valence-corrected chi connectivity index (χ3v) is 2.98. The van der Waals surface area contributed by atoms with Crippen molar-refractivity contribution < 1.29 is 4.79 Å². The summed E-state index contributed by atoms with van der Waals surface area (Å²) >= 11 is 5.83. The number of aromatic nitrogens is 3. The molecule has 0 saturated carbocycles. The predicted molar refractivity (Wildman–Crippen MR) is 73.3 cm³/mol. The molecule has 0 bridgehead atoms. The zero-order chi connectivity index (χ0) is 14.0. The molecule has 2 rings (SSSR count). The van der Waals surface area contributed by atoms with Gasteiger partial charge in [-0.3, -0.25) is 9.36 Å². The highest BCUT2D eigenvalue weighted by atomic mass is 35.5. The topological polar surface area (TPSA) is 79.8 Å². The Morgan fingerprint density at radius 2 is 2.32 bits per heavy atom. The van der Waals surface area contributed by atoms with Crippen molar-refractivity contribution in [2.45, 2.75) is 32.9 Å². The Morgan fingerprint density at radius 1 is 1.58 bits per heavy atom. The molecule has 0 aromatic carbocycles. The lowest BCUT2D eigenvalue weighted by Crippen LogP contribution is -2.37. The van der Waals surface area contributed by atoms with Crippen molar-refractivity contribution in [3.8, 4) is 0 Å². The zero-order valence-electron chi connectivity index (χ0n) is 10.7. The van der Waals surface area contributed by atoms with Crippen LogP contribution in [0.4, 0.5) is 0 Å². The summed E-state index contributed by atoms with van der Waals surface area (Å²) in [6.45, 7) is 3.96. The molecule has 0 aliphatic carbocycles. The van der Waals surface area contributed by atoms with E-state index in [1.807, 2.05) is 6.92 Å². The van der Waals surface area contributed by atoms with Crippen molar-refractivity contribution in [2.24, 2.45) is 0 Å². The lowest BCUT2D eigenvalue weighted by molar-refractivity contribution is -0.121. The van der Waals surface area contributed by atoms with Crippen molar-refractivity contribution in [3.63, 3.8) is 0 Å². The summed E-state index contributed by atoms with van der Waals surface area (Å²) < 4.78 is 1.47. The number of hydrogen-bond acceptors (Lipinski definition) is 3. The Labute approximate surface area is 114 Å². The van der Waals surface area contributed by atoms with Gasteiger partial charge < -0.3 is 10.3 Å². The second-order valence-electron chi connectivity index (χ2n) is 4.37. The van der Waals surface area contributed by atoms with Crippen LogP contribution >= 0.6 is 11.6 Å². The second kappa shape index (κ2) is 5.44. The molecule has 2 aromatic heterocycles. The van der Waals surface area contributed by atoms with Gasteiger partial charge in [-0.2, -0.15) is 0 Å². The van der Waals surface area contributed by atoms with E-state index in [-0.39, 0.29) is 17.6 Å². The van der Waals surface area contributed by atoms with Gasteiger partial charge in [0.2, 0.25) is 5.91 Å². The molecule has 0 spiro atoms. The molecule has 2 heterocycles. The van der Waals surface area contributed by atoms with Crippen molar-refractivity contribution in [1.82, 2.24) is 19.9 Å². The van der Waals surface area contributed by atoms with Crippen molar-refractivity contribution in [3.05, 3.63) is 27.8 Å². The molecule has 0 radical (unpaired) electrons. The fourth-order valence-electron chi connectivity index (χ4n) is 1.87. The van der Waals surface area contributed by atoms with Crippen LogP contribution in [0.1, 0.15) is 20.3 Å². The summed E-state index contributed by atoms with van der Waals surface area (Å²) in [6, 6.07) is 3.16. The molecule has 2 aromatic rings. The first-order chi connectivity index (χ1) is 9.01. The maximum atomic E-state index is 11.9. The van der Waals surface area contributed by atoms with E-state index in [0.717, 1.165) is 0 Å². The molecule has 7 heteroatoms. The summed E-state index contributed by atoms with van der Waals surface area (Å²) in [7, 11) is 0. The van der Waals surface area contributed by atoms with E-state index in [1.165, 1.54) is 4.57 Å². The van der Waals surface area contributed by atoms with Gasteiger partial charge in [0.25, 0.3) is 0 Å². The average Bonchev–Trinajstić information content (AvgIpc) is 2.66. The highest BCUT2D eigenvalue weighted by Crippen LogP contribution is 2.12. The summed E-state index contributed by atoms with van der Waals surface area (Å²) in [4.78, 5) is 30.0. The number of pyridine rings is 1. The number of imidazole rings is 1. The lowest BCUT2D eigenvalue weighted by atomic mass is 10.3. The summed E-state index contributed by atoms with van der Waals surface area (Å²) in [6.07, 6.45) is 0.414. The van der Waals surface area contributed by atoms with Gasteiger partial charge in [0.05, 0.1) is 5.52 Å². The quantitative estimate of drug-likeness (QED) is 0.830. The van der Waals surface area contributed by atoms with Crippen LogP contribution in [0.15, 0.2) is 16.9 Å². The predicted octanol–water partition coefficient (Wildman–Crippen LogP) is 1.29. The number of amides is 1. The normalized spacial score (nSPS) is 12.6. The molecule has 1 amide bonds. The standard InChI is InChI=1S/C12H15ClN4O2/c1-3-10(18)14-7(2)6-17-11-8(15-12(17)19)4-5-9(13)16-11/h4-5,7H,3,6H2,1-2H3,(H,14,18)(H,15,19). The van der Waals surface area contributed by atoms with Crippen molar-refractivity contribution in [2.75, 3.05) is 0 Å². The van der Waals surface area contributed by atoms with E-state index in [0.29, 0.717) is 29.3 Å². The van der Waals surface area contributed by atoms with Crippen LogP contribution in [-0.4, -0.2) is 26.5 Å². The first kappa shape index (κ1) is 13.6. The molecule has 2 N–H and O–H groups in total. The largest absolute Gasteiger partial charge is 0.352 e. The number of halogens is 1. The van der Waals surface area contributed by atoms with E-state index in [1.54, 1.807) is 19.1 Å². The zero-order valence-corrected chi connectivity index (χ0v) is 11.5. The fourth-order valence-corrected chi connectivity index (χ4v) is 2.02. The van der Waals surface area contributed by atoms with E-state index < -0.39 is 0 Å². The summed E-state index contributed by atoms with van der Waals surface area (Å²) in [5.41, 5.74) is 0.862. The van der Waals surface area contributed by atoms with Gasteiger partial charge >= 0.3 is 5.69 Å². The van der Waals surface area contributed by atoms with Gasteiger partial charge in [-0.15, -0.1) is 0 Å². The van der Waals surface area contributed by atoms with E-state index in [9.17, 15) is 9.59 Å². The Kier molecular flexibility index (Phi) is 3.90. The van der Waals surface area contributed by atoms with Crippen molar-refractivity contribution in [1.29, 1.82) is 0 Å². The first-order valence-electron chi connectivity index (χ1n) is 6.05. The second-order valence-corrected chi connectivity index (χ2v) is 4.76. The minimum atomic E-state index is -0.262. The number of aromatic amines is 1. The van der Waals surface area contributed by atoms with Crippen LogP contribution < -0.4 is 11.0 Å². The number of rotatable bonds is 4. The summed E-state index contributed by atoms with van der Waals surface area (Å²) in [5.74, 6) is -0.0496. The minimum absolute atomic E-state index is 0.0496. The van der Waals surface area contributed by atoms with Crippen LogP contribution in [-0.2, 0) is 11.3 Å². The third kappa shape index (κ3) is 2.96. The number of H-pyrrole nitrogens is 1. The molecular formula is C12H15ClN4O2. The Hall–Kier alpha value is -1.82. The average molecular weight is 283 g/mol. The lowest BCUT2D eigenvalue weighted by Gasteiger charge is -2.13. The highest BCUT2D eigenvalue weighted by Gasteiger charge is 2.13. The number of nitrogens with zero attached hydrogens (tertiary/aromatic N) is 2. The number of fused-ring (bicyclic) bond motifs is 1. The monoisotopic (exact) mass is 282 g/mol. The molecule has 102 valence electrons. The number of carbonyl (C=O) groups excluding carboxylic acids is 1. The molecule has 0 saturated heterocycles. The van der Waals surface area contributed by atoms with Crippen LogP contribution in [0.3, 0.4) is 0 Å². The molecule has 0 aliphatic rings. The first-order valence-corrected chi connectivity index (χ1v) is 6.43. The molecule has 0 fully saturated rings. The molecular weight excluding hydrogens is 268 g/mol. The fraction of sp³-hybridized carbons (Fsp3) is 0.417. The SMILES string of the molecule is CCC(=O)NC(C)Cn1c(=O)[nH]c2ccc(Cl)nc21. The molecule has 1 unspecified atom stereocenters. The van der Waals surface area contributed by atoms with Crippen LogP contribution in [0.25, 0.3) is 11.2 Å². The smallest absolute Gasteiger partial charge is 0.327 e. The molecule has 1 atom stereocenters. The summed E-state index contributed by atoms with van der Waals surface area (Å²) in [5, 5.41) is 3.13. The van der Waals surface area contributed by atoms with Crippen LogP contribution in [0.2, 0.25) is 5.15 Å². The van der Waals surface area contributed by atoms with Crippen molar-refractivity contribution >= 4 is 28.7 Å². The van der Waals surface area contributed by atoms with E-state index in [2.05, 4.69) is 15.3 Å². The van der Waals surface area contributed by atoms with E-state index in [4.69, 9.17) is 11.6 Å². The minimum Gasteiger partial charge on any atom is -0.352 e. The molecule has 6 nitrogen and oxygen atoms in total. The van der Waals surface area contributed by atoms with E-state index >= 15 is 0 Å². The highest BCUT2D eigenvalue weighted by molar-refractivity contribution is 6.29. The Balaban J connectivity index is 2.29. The van der Waals surface area contributed by atoms with Gasteiger partial charge in [-0.05, 0) is 19.1 Å². The van der Waals surface area contributed by atoms with Crippen LogP contribution in [0, 0.1) is 0 Å². The third-order valence-electron chi connectivity index (χ3n) is 2.77. The number of carbonyl (C=O) groups is 1. The number of nitrogens with one attached hydrogen (secondary N) is 2. The maximum absolute atomic E-state index is 11.9. The van der Waals surface area contributed by atoms with Gasteiger partial charge in [-0.25, -0.2) is 9.78 Å². The Morgan fingerprint density at radius 3 is 3.00 bits per heavy atom. The van der Waals surface area contributed by atoms with Gasteiger partial charge in [-0.1, -0.05) is 18.5 Å². The Bertz CT molecular complexity index is 661. The van der Waals surface area contributed by atoms with Gasteiger partial charge in [0, 0.05) is 19.0 Å². The maximum Gasteiger partial charge on any atom is 0.327 e. The van der Waals surface area contributed by atoms with Gasteiger partial charge in [0.15, 0.2) is 5.65 Å². The molecule has 0 aliphatic heterocycles. The van der Waals surface area contributed by atoms with Gasteiger partial charge in [0.1, 0.15) is 5.15 Å². The number of hydrogen-bond donors (Lipinski definition) is 2. The van der Waals surface area contributed by atoms with Crippen LogP contribution in [0.5, 0.6) is 0 Å².